The zero-order chi connectivity index (χ0) is 23.7. The van der Waals surface area contributed by atoms with E-state index in [0.717, 1.165) is 16.1 Å². The summed E-state index contributed by atoms with van der Waals surface area (Å²) in [5, 5.41) is 2.99. The van der Waals surface area contributed by atoms with E-state index < -0.39 is 28.5 Å². The van der Waals surface area contributed by atoms with Crippen molar-refractivity contribution in [2.24, 2.45) is 0 Å². The summed E-state index contributed by atoms with van der Waals surface area (Å²) in [6.07, 6.45) is 1.96. The summed E-state index contributed by atoms with van der Waals surface area (Å²) in [7, 11) is -3.80. The SMILES string of the molecule is CCNC(=O)[C@H](CC)N(CCc1ccccc1)C(=O)CN(c1ccccc1Cl)S(C)(=O)=O. The molecule has 0 aliphatic rings. The fraction of sp³-hybridized carbons (Fsp3) is 0.391. The van der Waals surface area contributed by atoms with Crippen molar-refractivity contribution in [2.75, 3.05) is 30.2 Å². The minimum Gasteiger partial charge on any atom is -0.355 e. The van der Waals surface area contributed by atoms with Crippen LogP contribution in [0.15, 0.2) is 54.6 Å². The number of halogens is 1. The number of nitrogens with zero attached hydrogens (tertiary/aromatic N) is 2. The fourth-order valence-corrected chi connectivity index (χ4v) is 4.59. The second-order valence-corrected chi connectivity index (χ2v) is 9.68. The monoisotopic (exact) mass is 479 g/mol. The molecule has 0 spiro atoms. The van der Waals surface area contributed by atoms with Crippen LogP contribution >= 0.6 is 11.6 Å². The molecule has 2 aromatic carbocycles. The molecule has 0 saturated carbocycles. The van der Waals surface area contributed by atoms with Crippen molar-refractivity contribution in [3.05, 3.63) is 65.2 Å². The highest BCUT2D eigenvalue weighted by atomic mass is 35.5. The fourth-order valence-electron chi connectivity index (χ4n) is 3.44. The van der Waals surface area contributed by atoms with Crippen molar-refractivity contribution in [1.82, 2.24) is 10.2 Å². The van der Waals surface area contributed by atoms with Gasteiger partial charge in [0.15, 0.2) is 0 Å². The van der Waals surface area contributed by atoms with Crippen LogP contribution in [-0.2, 0) is 26.0 Å². The summed E-state index contributed by atoms with van der Waals surface area (Å²) in [5.74, 6) is -0.732. The van der Waals surface area contributed by atoms with E-state index in [9.17, 15) is 18.0 Å². The highest BCUT2D eigenvalue weighted by molar-refractivity contribution is 7.92. The summed E-state index contributed by atoms with van der Waals surface area (Å²) in [4.78, 5) is 27.6. The zero-order valence-corrected chi connectivity index (χ0v) is 20.2. The Hall–Kier alpha value is -2.58. The first-order valence-corrected chi connectivity index (χ1v) is 12.7. The average molecular weight is 480 g/mol. The van der Waals surface area contributed by atoms with Crippen LogP contribution in [0.5, 0.6) is 0 Å². The third-order valence-corrected chi connectivity index (χ3v) is 6.47. The van der Waals surface area contributed by atoms with Gasteiger partial charge in [-0.2, -0.15) is 0 Å². The molecule has 0 aliphatic heterocycles. The predicted octanol–water partition coefficient (Wildman–Crippen LogP) is 3.09. The van der Waals surface area contributed by atoms with Crippen molar-refractivity contribution in [3.63, 3.8) is 0 Å². The molecule has 0 fully saturated rings. The highest BCUT2D eigenvalue weighted by Gasteiger charge is 2.31. The number of carbonyl (C=O) groups is 2. The number of hydrogen-bond acceptors (Lipinski definition) is 4. The minimum atomic E-state index is -3.80. The Balaban J connectivity index is 2.35. The number of rotatable bonds is 11. The molecule has 2 amide bonds. The number of para-hydroxylation sites is 1. The van der Waals surface area contributed by atoms with Gasteiger partial charge < -0.3 is 10.2 Å². The third kappa shape index (κ3) is 6.97. The standard InChI is InChI=1S/C23H30ClN3O4S/c1-4-20(23(29)25-5-2)26(16-15-18-11-7-6-8-12-18)22(28)17-27(32(3,30)31)21-14-10-9-13-19(21)24/h6-14,20H,4-5,15-17H2,1-3H3,(H,25,29)/t20-/m0/s1. The molecule has 0 aromatic heterocycles. The first-order chi connectivity index (χ1) is 15.2. The summed E-state index contributed by atoms with van der Waals surface area (Å²) >= 11 is 6.22. The van der Waals surface area contributed by atoms with E-state index in [4.69, 9.17) is 11.6 Å². The molecule has 0 aliphatic carbocycles. The topological polar surface area (TPSA) is 86.8 Å². The van der Waals surface area contributed by atoms with E-state index in [0.29, 0.717) is 19.4 Å². The molecule has 0 heterocycles. The molecule has 0 saturated heterocycles. The van der Waals surface area contributed by atoms with Gasteiger partial charge in [-0.3, -0.25) is 13.9 Å². The third-order valence-electron chi connectivity index (χ3n) is 5.02. The maximum absolute atomic E-state index is 13.4. The molecule has 9 heteroatoms. The van der Waals surface area contributed by atoms with Gasteiger partial charge in [-0.1, -0.05) is 61.0 Å². The van der Waals surface area contributed by atoms with Crippen LogP contribution in [0.25, 0.3) is 0 Å². The Morgan fingerprint density at radius 1 is 1.03 bits per heavy atom. The molecular weight excluding hydrogens is 450 g/mol. The van der Waals surface area contributed by atoms with Crippen molar-refractivity contribution < 1.29 is 18.0 Å². The molecule has 1 N–H and O–H groups in total. The molecule has 32 heavy (non-hydrogen) atoms. The van der Waals surface area contributed by atoms with Gasteiger partial charge in [-0.25, -0.2) is 8.42 Å². The Morgan fingerprint density at radius 3 is 2.22 bits per heavy atom. The van der Waals surface area contributed by atoms with Crippen LogP contribution in [0.2, 0.25) is 5.02 Å². The van der Waals surface area contributed by atoms with Crippen molar-refractivity contribution >= 4 is 39.1 Å². The number of carbonyl (C=O) groups excluding carboxylic acids is 2. The second-order valence-electron chi connectivity index (χ2n) is 7.36. The van der Waals surface area contributed by atoms with Crippen molar-refractivity contribution in [3.8, 4) is 0 Å². The number of likely N-dealkylation sites (N-methyl/N-ethyl adjacent to an activating group) is 1. The van der Waals surface area contributed by atoms with Gasteiger partial charge in [-0.05, 0) is 37.5 Å². The lowest BCUT2D eigenvalue weighted by Crippen LogP contribution is -2.53. The van der Waals surface area contributed by atoms with E-state index in [1.54, 1.807) is 24.3 Å². The van der Waals surface area contributed by atoms with Crippen molar-refractivity contribution in [2.45, 2.75) is 32.7 Å². The lowest BCUT2D eigenvalue weighted by molar-refractivity contribution is -0.139. The van der Waals surface area contributed by atoms with E-state index >= 15 is 0 Å². The smallest absolute Gasteiger partial charge is 0.244 e. The Morgan fingerprint density at radius 2 is 1.66 bits per heavy atom. The van der Waals surface area contributed by atoms with Crippen LogP contribution in [0.3, 0.4) is 0 Å². The summed E-state index contributed by atoms with van der Waals surface area (Å²) in [6.45, 7) is 3.89. The van der Waals surface area contributed by atoms with E-state index in [2.05, 4.69) is 5.32 Å². The molecule has 2 aromatic rings. The average Bonchev–Trinajstić information content (AvgIpc) is 2.75. The van der Waals surface area contributed by atoms with Gasteiger partial charge >= 0.3 is 0 Å². The number of anilines is 1. The molecule has 0 bridgehead atoms. The molecule has 0 unspecified atom stereocenters. The molecule has 7 nitrogen and oxygen atoms in total. The van der Waals surface area contributed by atoms with Crippen LogP contribution in [-0.4, -0.2) is 57.1 Å². The van der Waals surface area contributed by atoms with Crippen molar-refractivity contribution in [1.29, 1.82) is 0 Å². The largest absolute Gasteiger partial charge is 0.355 e. The van der Waals surface area contributed by atoms with Gasteiger partial charge in [-0.15, -0.1) is 0 Å². The van der Waals surface area contributed by atoms with Gasteiger partial charge in [0.25, 0.3) is 0 Å². The Labute approximate surface area is 195 Å². The predicted molar refractivity (Wildman–Crippen MR) is 128 cm³/mol. The quantitative estimate of drug-likeness (QED) is 0.536. The second kappa shape index (κ2) is 11.9. The zero-order valence-electron chi connectivity index (χ0n) is 18.6. The lowest BCUT2D eigenvalue weighted by Gasteiger charge is -2.33. The Kier molecular flexibility index (Phi) is 9.53. The van der Waals surface area contributed by atoms with Gasteiger partial charge in [0.2, 0.25) is 21.8 Å². The number of hydrogen-bond donors (Lipinski definition) is 1. The number of sulfonamides is 1. The maximum atomic E-state index is 13.4. The summed E-state index contributed by atoms with van der Waals surface area (Å²) < 4.78 is 26.0. The first kappa shape index (κ1) is 25.7. The van der Waals surface area contributed by atoms with Gasteiger partial charge in [0, 0.05) is 13.1 Å². The molecule has 2 rings (SSSR count). The molecule has 0 radical (unpaired) electrons. The minimum absolute atomic E-state index is 0.220. The van der Waals surface area contributed by atoms with Gasteiger partial charge in [0.1, 0.15) is 12.6 Å². The van der Waals surface area contributed by atoms with Crippen LogP contribution < -0.4 is 9.62 Å². The number of nitrogens with one attached hydrogen (secondary N) is 1. The number of amides is 2. The lowest BCUT2D eigenvalue weighted by atomic mass is 10.1. The van der Waals surface area contributed by atoms with E-state index in [1.807, 2.05) is 44.2 Å². The summed E-state index contributed by atoms with van der Waals surface area (Å²) in [5.41, 5.74) is 1.24. The normalized spacial score (nSPS) is 12.1. The van der Waals surface area contributed by atoms with Crippen LogP contribution in [0.4, 0.5) is 5.69 Å². The maximum Gasteiger partial charge on any atom is 0.244 e. The molecule has 174 valence electrons. The Bertz CT molecular complexity index is 1010. The van der Waals surface area contributed by atoms with Crippen LogP contribution in [0, 0.1) is 0 Å². The van der Waals surface area contributed by atoms with Gasteiger partial charge in [0.05, 0.1) is 17.0 Å². The van der Waals surface area contributed by atoms with Crippen LogP contribution in [0.1, 0.15) is 25.8 Å². The first-order valence-electron chi connectivity index (χ1n) is 10.5. The van der Waals surface area contributed by atoms with E-state index in [1.165, 1.54) is 4.90 Å². The molecular formula is C23H30ClN3O4S. The number of benzene rings is 2. The summed E-state index contributed by atoms with van der Waals surface area (Å²) in [6, 6.07) is 15.4. The molecule has 1 atom stereocenters. The van der Waals surface area contributed by atoms with E-state index in [-0.39, 0.29) is 23.2 Å². The highest BCUT2D eigenvalue weighted by Crippen LogP contribution is 2.27.